The molecule has 12 heteroatoms. The van der Waals surface area contributed by atoms with Gasteiger partial charge in [0.2, 0.25) is 5.91 Å². The number of hydrogen-bond donors (Lipinski definition) is 3. The van der Waals surface area contributed by atoms with Gasteiger partial charge in [-0.3, -0.25) is 4.79 Å². The van der Waals surface area contributed by atoms with Crippen molar-refractivity contribution in [3.05, 3.63) is 77.1 Å². The van der Waals surface area contributed by atoms with E-state index in [4.69, 9.17) is 11.6 Å². The number of nitrogens with zero attached hydrogens (tertiary/aromatic N) is 2. The van der Waals surface area contributed by atoms with Crippen molar-refractivity contribution in [2.45, 2.75) is 24.6 Å². The van der Waals surface area contributed by atoms with Crippen molar-refractivity contribution >= 4 is 56.0 Å². The molecule has 0 saturated carbocycles. The maximum atomic E-state index is 15.1. The maximum absolute atomic E-state index is 15.1. The first kappa shape index (κ1) is 27.5. The highest BCUT2D eigenvalue weighted by Gasteiger charge is 2.37. The second kappa shape index (κ2) is 11.1. The Balaban J connectivity index is 1.52. The molecule has 0 fully saturated rings. The largest absolute Gasteiger partial charge is 0.390 e. The zero-order chi connectivity index (χ0) is 27.6. The summed E-state index contributed by atoms with van der Waals surface area (Å²) in [7, 11) is -3.47. The summed E-state index contributed by atoms with van der Waals surface area (Å²) in [5.74, 6) is -1.78. The minimum absolute atomic E-state index is 0.0385. The molecule has 9 nitrogen and oxygen atoms in total. The van der Waals surface area contributed by atoms with Crippen molar-refractivity contribution in [2.24, 2.45) is 11.0 Å². The van der Waals surface area contributed by atoms with Crippen molar-refractivity contribution < 1.29 is 27.5 Å². The molecular weight excluding hydrogens is 535 g/mol. The second-order valence-electron chi connectivity index (χ2n) is 9.13. The summed E-state index contributed by atoms with van der Waals surface area (Å²) in [6, 6.07) is 8.50. The van der Waals surface area contributed by atoms with Crippen molar-refractivity contribution in [3.8, 4) is 0 Å². The molecule has 2 aromatic rings. The molecule has 3 unspecified atom stereocenters. The number of nitrogens with one attached hydrogen (secondary N) is 2. The molecule has 200 valence electrons. The third-order valence-corrected chi connectivity index (χ3v) is 8.12. The Hall–Kier alpha value is -3.54. The van der Waals surface area contributed by atoms with E-state index in [1.165, 1.54) is 18.2 Å². The van der Waals surface area contributed by atoms with Gasteiger partial charge in [-0.1, -0.05) is 42.8 Å². The monoisotopic (exact) mass is 560 g/mol. The van der Waals surface area contributed by atoms with E-state index in [-0.39, 0.29) is 23.7 Å². The molecule has 0 saturated heterocycles. The summed E-state index contributed by atoms with van der Waals surface area (Å²) < 4.78 is 39.9. The van der Waals surface area contributed by atoms with E-state index in [9.17, 15) is 23.1 Å². The van der Waals surface area contributed by atoms with Crippen molar-refractivity contribution in [3.63, 3.8) is 0 Å². The highest BCUT2D eigenvalue weighted by Crippen LogP contribution is 2.34. The number of benzene rings is 2. The van der Waals surface area contributed by atoms with Crippen molar-refractivity contribution in [1.29, 1.82) is 0 Å². The van der Waals surface area contributed by atoms with Crippen LogP contribution in [0.25, 0.3) is 5.57 Å². The van der Waals surface area contributed by atoms with E-state index < -0.39 is 45.5 Å². The summed E-state index contributed by atoms with van der Waals surface area (Å²) in [6.07, 6.45) is 6.26. The van der Waals surface area contributed by atoms with Gasteiger partial charge in [-0.2, -0.15) is 5.10 Å². The Bertz CT molecular complexity index is 1460. The molecule has 3 atom stereocenters. The van der Waals surface area contributed by atoms with E-state index in [2.05, 4.69) is 15.7 Å². The van der Waals surface area contributed by atoms with E-state index >= 15 is 4.39 Å². The van der Waals surface area contributed by atoms with E-state index in [1.807, 2.05) is 0 Å². The number of carbonyl (C=O) groups excluding carboxylic acids is 2. The number of aliphatic hydroxyl groups excluding tert-OH is 1. The third kappa shape index (κ3) is 5.95. The second-order valence-corrected chi connectivity index (χ2v) is 11.7. The van der Waals surface area contributed by atoms with Gasteiger partial charge >= 0.3 is 6.03 Å². The Kier molecular flexibility index (Phi) is 8.00. The van der Waals surface area contributed by atoms with Gasteiger partial charge in [0.05, 0.1) is 23.3 Å². The van der Waals surface area contributed by atoms with Gasteiger partial charge in [0, 0.05) is 23.4 Å². The molecule has 3 N–H and O–H groups in total. The minimum atomic E-state index is -3.47. The first-order chi connectivity index (χ1) is 18.0. The molecule has 0 aromatic heterocycles. The Morgan fingerprint density at radius 1 is 1.18 bits per heavy atom. The van der Waals surface area contributed by atoms with Gasteiger partial charge in [-0.05, 0) is 53.5 Å². The Morgan fingerprint density at radius 2 is 1.89 bits per heavy atom. The average molecular weight is 561 g/mol. The molecule has 1 aliphatic carbocycles. The number of hydrogen-bond acceptors (Lipinski definition) is 6. The minimum Gasteiger partial charge on any atom is -0.390 e. The van der Waals surface area contributed by atoms with Crippen molar-refractivity contribution in [2.75, 3.05) is 23.5 Å². The summed E-state index contributed by atoms with van der Waals surface area (Å²) in [5, 5.41) is 19.2. The molecule has 4 rings (SSSR count). The molecule has 1 heterocycles. The number of aliphatic hydroxyl groups is 1. The molecule has 2 aliphatic rings. The number of carbonyl (C=O) groups is 2. The van der Waals surface area contributed by atoms with Crippen LogP contribution in [0.15, 0.2) is 65.8 Å². The van der Waals surface area contributed by atoms with Crippen LogP contribution in [-0.2, 0) is 14.6 Å². The third-order valence-electron chi connectivity index (χ3n) is 6.26. The highest BCUT2D eigenvalue weighted by atomic mass is 35.5. The molecule has 1 aliphatic heterocycles. The number of anilines is 2. The zero-order valence-corrected chi connectivity index (χ0v) is 22.1. The van der Waals surface area contributed by atoms with Gasteiger partial charge in [0.15, 0.2) is 9.84 Å². The van der Waals surface area contributed by atoms with Crippen LogP contribution in [0, 0.1) is 11.7 Å². The first-order valence-electron chi connectivity index (χ1n) is 11.7. The number of halogens is 2. The summed E-state index contributed by atoms with van der Waals surface area (Å²) in [4.78, 5) is 25.9. The van der Waals surface area contributed by atoms with Gasteiger partial charge in [0.25, 0.3) is 0 Å². The fourth-order valence-corrected chi connectivity index (χ4v) is 6.15. The van der Waals surface area contributed by atoms with Gasteiger partial charge in [-0.25, -0.2) is 22.6 Å². The molecular formula is C26H26ClFN4O5S. The smallest absolute Gasteiger partial charge is 0.343 e. The van der Waals surface area contributed by atoms with Crippen LogP contribution < -0.4 is 10.6 Å². The normalized spacial score (nSPS) is 21.1. The summed E-state index contributed by atoms with van der Waals surface area (Å²) in [5.41, 5.74) is 1.32. The number of urea groups is 1. The Labute approximate surface area is 224 Å². The molecule has 0 spiro atoms. The SMILES string of the molecule is CC1C=CC=C(c2ccc(NC(=O)C3CC(CO)=NN3C(=O)Nc3ccc(Cl)cc3)c(F)c2)C1S(C)(=O)=O. The topological polar surface area (TPSA) is 128 Å². The first-order valence-corrected chi connectivity index (χ1v) is 14.0. The number of allylic oxidation sites excluding steroid dienone is 3. The van der Waals surface area contributed by atoms with Crippen LogP contribution in [0.3, 0.4) is 0 Å². The predicted octanol–water partition coefficient (Wildman–Crippen LogP) is 4.07. The fourth-order valence-electron chi connectivity index (χ4n) is 4.48. The molecule has 2 aromatic carbocycles. The molecule has 3 amide bonds. The predicted molar refractivity (Wildman–Crippen MR) is 145 cm³/mol. The lowest BCUT2D eigenvalue weighted by Gasteiger charge is -2.26. The van der Waals surface area contributed by atoms with Gasteiger partial charge in [0.1, 0.15) is 11.9 Å². The van der Waals surface area contributed by atoms with Crippen LogP contribution in [-0.4, -0.2) is 60.3 Å². The van der Waals surface area contributed by atoms with Gasteiger partial charge < -0.3 is 15.7 Å². The van der Waals surface area contributed by atoms with E-state index in [0.29, 0.717) is 21.8 Å². The Morgan fingerprint density at radius 3 is 2.53 bits per heavy atom. The van der Waals surface area contributed by atoms with E-state index in [1.54, 1.807) is 49.4 Å². The number of rotatable bonds is 6. The molecule has 0 radical (unpaired) electrons. The average Bonchev–Trinajstić information content (AvgIpc) is 3.31. The maximum Gasteiger partial charge on any atom is 0.343 e. The highest BCUT2D eigenvalue weighted by molar-refractivity contribution is 7.91. The summed E-state index contributed by atoms with van der Waals surface area (Å²) in [6.45, 7) is 1.32. The summed E-state index contributed by atoms with van der Waals surface area (Å²) >= 11 is 5.87. The lowest BCUT2D eigenvalue weighted by molar-refractivity contribution is -0.119. The van der Waals surface area contributed by atoms with Crippen LogP contribution in [0.2, 0.25) is 5.02 Å². The lowest BCUT2D eigenvalue weighted by Crippen LogP contribution is -2.43. The van der Waals surface area contributed by atoms with Crippen LogP contribution in [0.4, 0.5) is 20.6 Å². The van der Waals surface area contributed by atoms with Gasteiger partial charge in [-0.15, -0.1) is 0 Å². The van der Waals surface area contributed by atoms with Crippen LogP contribution in [0.1, 0.15) is 18.9 Å². The lowest BCUT2D eigenvalue weighted by atomic mass is 9.90. The van der Waals surface area contributed by atoms with Crippen molar-refractivity contribution in [1.82, 2.24) is 5.01 Å². The number of hydrazone groups is 1. The van der Waals surface area contributed by atoms with Crippen LogP contribution in [0.5, 0.6) is 0 Å². The van der Waals surface area contributed by atoms with E-state index in [0.717, 1.165) is 11.3 Å². The number of amides is 3. The quantitative estimate of drug-likeness (QED) is 0.490. The zero-order valence-electron chi connectivity index (χ0n) is 20.6. The van der Waals surface area contributed by atoms with Crippen LogP contribution >= 0.6 is 11.6 Å². The molecule has 0 bridgehead atoms. The fraction of sp³-hybridized carbons (Fsp3) is 0.269. The molecule has 38 heavy (non-hydrogen) atoms. The number of sulfone groups is 1. The standard InChI is InChI=1S/C26H26ClFN4O5S/c1-15-4-3-5-20(24(15)38(2,36)37)16-6-11-22(21(28)12-16)30-25(34)23-13-19(14-33)31-32(23)26(35)29-18-9-7-17(27)8-10-18/h3-12,15,23-24,33H,13-14H2,1-2H3,(H,29,35)(H,30,34).